The molecule has 2 heterocycles. The number of aromatic amines is 2. The van der Waals surface area contributed by atoms with Crippen LogP contribution in [0.1, 0.15) is 36.3 Å². The number of amides is 2. The van der Waals surface area contributed by atoms with E-state index in [0.717, 1.165) is 5.39 Å². The van der Waals surface area contributed by atoms with Gasteiger partial charge in [-0.05, 0) is 42.2 Å². The van der Waals surface area contributed by atoms with Gasteiger partial charge in [-0.25, -0.2) is 4.79 Å². The van der Waals surface area contributed by atoms with Gasteiger partial charge in [-0.2, -0.15) is 0 Å². The van der Waals surface area contributed by atoms with Crippen LogP contribution in [0.2, 0.25) is 0 Å². The third kappa shape index (κ3) is 5.86. The number of fused-ring (bicyclic) bond motifs is 2. The summed E-state index contributed by atoms with van der Waals surface area (Å²) in [6, 6.07) is 13.1. The molecular formula is C28H30N4O6. The number of nitrogens with one attached hydrogen (secondary N) is 4. The zero-order valence-corrected chi connectivity index (χ0v) is 21.3. The molecule has 0 radical (unpaired) electrons. The maximum Gasteiger partial charge on any atom is 0.326 e. The van der Waals surface area contributed by atoms with Crippen molar-refractivity contribution in [1.29, 1.82) is 0 Å². The number of H-pyrrole nitrogens is 2. The molecule has 38 heavy (non-hydrogen) atoms. The molecule has 10 heteroatoms. The topological polar surface area (TPSA) is 153 Å². The van der Waals surface area contributed by atoms with Crippen LogP contribution in [0.3, 0.4) is 0 Å². The highest BCUT2D eigenvalue weighted by molar-refractivity contribution is 6.01. The number of carboxylic acid groups (broad SMARTS) is 1. The van der Waals surface area contributed by atoms with Crippen molar-refractivity contribution in [3.8, 4) is 5.75 Å². The number of para-hydroxylation sites is 1. The van der Waals surface area contributed by atoms with Crippen molar-refractivity contribution < 1.29 is 24.2 Å². The standard InChI is InChI=1S/C28H30N4O6/c1-15(2)11-21(31-27(35)22-14-18-20(29-22)9-6-10-24(18)38-3)26(34)32-23(28(36)37)12-16-13-25(33)30-19-8-5-4-7-17(16)19/h4-10,13-15,21,23,29H,11-12H2,1-3H3,(H,30,33)(H,31,35)(H,32,34)(H,36,37)/t21-,23?/m0/s1. The van der Waals surface area contributed by atoms with Crippen LogP contribution >= 0.6 is 0 Å². The van der Waals surface area contributed by atoms with Crippen molar-refractivity contribution in [2.24, 2.45) is 5.92 Å². The van der Waals surface area contributed by atoms with Crippen LogP contribution in [0.4, 0.5) is 0 Å². The largest absolute Gasteiger partial charge is 0.496 e. The molecular weight excluding hydrogens is 488 g/mol. The fraction of sp³-hybridized carbons (Fsp3) is 0.286. The van der Waals surface area contributed by atoms with Gasteiger partial charge >= 0.3 is 5.97 Å². The Balaban J connectivity index is 1.55. The Hall–Kier alpha value is -4.60. The molecule has 0 spiro atoms. The summed E-state index contributed by atoms with van der Waals surface area (Å²) in [6.45, 7) is 3.80. The first-order valence-electron chi connectivity index (χ1n) is 12.3. The predicted octanol–water partition coefficient (Wildman–Crippen LogP) is 2.97. The van der Waals surface area contributed by atoms with Crippen molar-refractivity contribution in [3.05, 3.63) is 76.2 Å². The van der Waals surface area contributed by atoms with Crippen LogP contribution in [0.25, 0.3) is 21.8 Å². The molecule has 0 aliphatic carbocycles. The lowest BCUT2D eigenvalue weighted by Gasteiger charge is -2.23. The Kier molecular flexibility index (Phi) is 7.80. The fourth-order valence-electron chi connectivity index (χ4n) is 4.50. The Labute approximate surface area is 218 Å². The maximum absolute atomic E-state index is 13.3. The molecule has 198 valence electrons. The molecule has 0 saturated carbocycles. The molecule has 2 aromatic heterocycles. The first kappa shape index (κ1) is 26.5. The molecule has 2 atom stereocenters. The van der Waals surface area contributed by atoms with Crippen LogP contribution in [0, 0.1) is 5.92 Å². The van der Waals surface area contributed by atoms with Gasteiger partial charge in [-0.3, -0.25) is 14.4 Å². The average molecular weight is 519 g/mol. The minimum atomic E-state index is -1.31. The van der Waals surface area contributed by atoms with E-state index in [-0.39, 0.29) is 23.6 Å². The van der Waals surface area contributed by atoms with Gasteiger partial charge in [-0.15, -0.1) is 0 Å². The SMILES string of the molecule is COc1cccc2[nH]c(C(=O)N[C@@H](CC(C)C)C(=O)NC(Cc3cc(=O)[nH]c4ccccc34)C(=O)O)cc12. The Morgan fingerprint density at radius 3 is 2.34 bits per heavy atom. The molecule has 0 aliphatic rings. The molecule has 2 aromatic carbocycles. The number of methoxy groups -OCH3 is 1. The van der Waals surface area contributed by atoms with E-state index >= 15 is 0 Å². The molecule has 1 unspecified atom stereocenters. The van der Waals surface area contributed by atoms with Gasteiger partial charge in [0, 0.05) is 34.3 Å². The summed E-state index contributed by atoms with van der Waals surface area (Å²) >= 11 is 0. The molecule has 0 fully saturated rings. The summed E-state index contributed by atoms with van der Waals surface area (Å²) in [7, 11) is 1.54. The summed E-state index contributed by atoms with van der Waals surface area (Å²) in [5.74, 6) is -1.74. The first-order chi connectivity index (χ1) is 18.2. The second kappa shape index (κ2) is 11.2. The summed E-state index contributed by atoms with van der Waals surface area (Å²) in [6.07, 6.45) is 0.192. The van der Waals surface area contributed by atoms with Gasteiger partial charge in [0.25, 0.3) is 5.91 Å². The lowest BCUT2D eigenvalue weighted by molar-refractivity contribution is -0.142. The van der Waals surface area contributed by atoms with E-state index in [1.807, 2.05) is 19.9 Å². The first-order valence-corrected chi connectivity index (χ1v) is 12.3. The van der Waals surface area contributed by atoms with Crippen LogP contribution in [-0.2, 0) is 16.0 Å². The van der Waals surface area contributed by atoms with E-state index in [2.05, 4.69) is 20.6 Å². The number of aromatic nitrogens is 2. The lowest BCUT2D eigenvalue weighted by atomic mass is 9.99. The van der Waals surface area contributed by atoms with E-state index in [1.165, 1.54) is 13.2 Å². The Morgan fingerprint density at radius 2 is 1.63 bits per heavy atom. The highest BCUT2D eigenvalue weighted by Crippen LogP contribution is 2.26. The quantitative estimate of drug-likeness (QED) is 0.218. The number of aliphatic carboxylic acids is 1. The Bertz CT molecular complexity index is 1550. The summed E-state index contributed by atoms with van der Waals surface area (Å²) < 4.78 is 5.35. The molecule has 4 aromatic rings. The smallest absolute Gasteiger partial charge is 0.326 e. The second-order valence-electron chi connectivity index (χ2n) is 9.57. The second-order valence-corrected chi connectivity index (χ2v) is 9.57. The third-order valence-corrected chi connectivity index (χ3v) is 6.29. The van der Waals surface area contributed by atoms with Crippen molar-refractivity contribution >= 4 is 39.6 Å². The molecule has 4 rings (SSSR count). The van der Waals surface area contributed by atoms with Crippen molar-refractivity contribution in [2.75, 3.05) is 7.11 Å². The number of carbonyl (C=O) groups is 3. The number of ether oxygens (including phenoxy) is 1. The molecule has 0 aliphatic heterocycles. The monoisotopic (exact) mass is 518 g/mol. The molecule has 10 nitrogen and oxygen atoms in total. The highest BCUT2D eigenvalue weighted by atomic mass is 16.5. The van der Waals surface area contributed by atoms with E-state index < -0.39 is 29.9 Å². The number of carboxylic acids is 1. The number of pyridine rings is 1. The number of carbonyl (C=O) groups excluding carboxylic acids is 2. The maximum atomic E-state index is 13.3. The van der Waals surface area contributed by atoms with E-state index in [4.69, 9.17) is 4.74 Å². The Morgan fingerprint density at radius 1 is 0.921 bits per heavy atom. The van der Waals surface area contributed by atoms with Crippen LogP contribution in [-0.4, -0.2) is 52.1 Å². The van der Waals surface area contributed by atoms with E-state index in [9.17, 15) is 24.3 Å². The highest BCUT2D eigenvalue weighted by Gasteiger charge is 2.28. The van der Waals surface area contributed by atoms with Crippen LogP contribution in [0.5, 0.6) is 5.75 Å². The molecule has 0 bridgehead atoms. The van der Waals surface area contributed by atoms with E-state index in [1.54, 1.807) is 42.5 Å². The summed E-state index contributed by atoms with van der Waals surface area (Å²) in [5, 5.41) is 16.6. The van der Waals surface area contributed by atoms with Gasteiger partial charge in [0.1, 0.15) is 23.5 Å². The lowest BCUT2D eigenvalue weighted by Crippen LogP contribution is -2.52. The summed E-state index contributed by atoms with van der Waals surface area (Å²) in [5.41, 5.74) is 1.65. The number of hydrogen-bond acceptors (Lipinski definition) is 5. The fourth-order valence-corrected chi connectivity index (χ4v) is 4.50. The van der Waals surface area contributed by atoms with Crippen molar-refractivity contribution in [2.45, 2.75) is 38.8 Å². The predicted molar refractivity (Wildman–Crippen MR) is 143 cm³/mol. The third-order valence-electron chi connectivity index (χ3n) is 6.29. The number of benzene rings is 2. The minimum absolute atomic E-state index is 0.0359. The van der Waals surface area contributed by atoms with Gasteiger partial charge in [0.2, 0.25) is 11.5 Å². The zero-order chi connectivity index (χ0) is 27.4. The van der Waals surface area contributed by atoms with Gasteiger partial charge in [-0.1, -0.05) is 38.1 Å². The molecule has 0 saturated heterocycles. The number of rotatable bonds is 10. The van der Waals surface area contributed by atoms with Gasteiger partial charge < -0.3 is 30.4 Å². The summed E-state index contributed by atoms with van der Waals surface area (Å²) in [4.78, 5) is 56.3. The average Bonchev–Trinajstić information content (AvgIpc) is 3.32. The van der Waals surface area contributed by atoms with Crippen molar-refractivity contribution in [3.63, 3.8) is 0 Å². The van der Waals surface area contributed by atoms with Crippen molar-refractivity contribution in [1.82, 2.24) is 20.6 Å². The van der Waals surface area contributed by atoms with Crippen LogP contribution in [0.15, 0.2) is 59.4 Å². The molecule has 5 N–H and O–H groups in total. The van der Waals surface area contributed by atoms with Gasteiger partial charge in [0.15, 0.2) is 0 Å². The number of hydrogen-bond donors (Lipinski definition) is 5. The minimum Gasteiger partial charge on any atom is -0.496 e. The normalized spacial score (nSPS) is 12.8. The van der Waals surface area contributed by atoms with Gasteiger partial charge in [0.05, 0.1) is 7.11 Å². The zero-order valence-electron chi connectivity index (χ0n) is 21.3. The van der Waals surface area contributed by atoms with E-state index in [0.29, 0.717) is 34.2 Å². The molecule has 2 amide bonds. The van der Waals surface area contributed by atoms with Crippen LogP contribution < -0.4 is 20.9 Å².